The molecule has 4 nitrogen and oxygen atoms in total. The van der Waals surface area contributed by atoms with E-state index in [0.29, 0.717) is 5.95 Å². The lowest BCUT2D eigenvalue weighted by Gasteiger charge is -2.11. The average Bonchev–Trinajstić information content (AvgIpc) is 3.93. The number of thiophene rings is 1. The molecule has 0 bridgehead atoms. The summed E-state index contributed by atoms with van der Waals surface area (Å²) in [5.74, 6) is 0.683. The van der Waals surface area contributed by atoms with Crippen LogP contribution in [0.4, 0.5) is 0 Å². The Morgan fingerprint density at radius 3 is 2.17 bits per heavy atom. The molecule has 0 aliphatic rings. The fraction of sp³-hybridized carbons (Fsp3) is 0.0213. The summed E-state index contributed by atoms with van der Waals surface area (Å²) in [5, 5.41) is 9.62. The number of hydrogen-bond donors (Lipinski definition) is 0. The molecule has 0 radical (unpaired) electrons. The van der Waals surface area contributed by atoms with Gasteiger partial charge in [-0.05, 0) is 48.4 Å². The van der Waals surface area contributed by atoms with Gasteiger partial charge in [-0.3, -0.25) is 4.57 Å². The van der Waals surface area contributed by atoms with Crippen LogP contribution in [0, 0.1) is 0 Å². The van der Waals surface area contributed by atoms with E-state index in [1.807, 2.05) is 12.2 Å². The Hall–Kier alpha value is -6.56. The number of benzene rings is 6. The summed E-state index contributed by atoms with van der Waals surface area (Å²) in [6.07, 6.45) is 7.97. The zero-order valence-electron chi connectivity index (χ0n) is 28.3. The van der Waals surface area contributed by atoms with Crippen LogP contribution >= 0.6 is 11.3 Å². The number of para-hydroxylation sites is 2. The average molecular weight is 683 g/mol. The van der Waals surface area contributed by atoms with E-state index in [4.69, 9.17) is 9.97 Å². The summed E-state index contributed by atoms with van der Waals surface area (Å²) in [6.45, 7) is 5.99. The molecule has 52 heavy (non-hydrogen) atoms. The molecular weight excluding hydrogens is 653 g/mol. The SMILES string of the molecule is C=C/C=C\C=C(/C)c1ccc2c3cc4c5ccccc5n(-c5nc(-c6ccccc6)c6c(n5)sc5ccccc56)c4c4c5ccccc5n(c2c1)c34. The van der Waals surface area contributed by atoms with E-state index in [9.17, 15) is 0 Å². The predicted molar refractivity (Wildman–Crippen MR) is 222 cm³/mol. The lowest BCUT2D eigenvalue weighted by molar-refractivity contribution is 1.02. The molecule has 0 unspecified atom stereocenters. The molecule has 0 amide bonds. The summed E-state index contributed by atoms with van der Waals surface area (Å²) in [7, 11) is 0. The van der Waals surface area contributed by atoms with Crippen LogP contribution in [-0.4, -0.2) is 18.9 Å². The zero-order chi connectivity index (χ0) is 34.5. The van der Waals surface area contributed by atoms with Gasteiger partial charge in [-0.15, -0.1) is 11.3 Å². The van der Waals surface area contributed by atoms with Crippen molar-refractivity contribution in [2.24, 2.45) is 0 Å². The first-order valence-electron chi connectivity index (χ1n) is 17.5. The van der Waals surface area contributed by atoms with Gasteiger partial charge in [0.25, 0.3) is 0 Å². The van der Waals surface area contributed by atoms with Gasteiger partial charge in [0.1, 0.15) is 4.83 Å². The largest absolute Gasteiger partial charge is 0.308 e. The lowest BCUT2D eigenvalue weighted by Crippen LogP contribution is -2.03. The molecule has 5 heterocycles. The Bertz CT molecular complexity index is 3320. The van der Waals surface area contributed by atoms with Crippen molar-refractivity contribution in [1.82, 2.24) is 18.9 Å². The number of fused-ring (bicyclic) bond motifs is 13. The topological polar surface area (TPSA) is 35.1 Å². The molecule has 0 saturated carbocycles. The Morgan fingerprint density at radius 2 is 1.33 bits per heavy atom. The zero-order valence-corrected chi connectivity index (χ0v) is 29.2. The molecule has 11 aromatic rings. The molecule has 244 valence electrons. The summed E-state index contributed by atoms with van der Waals surface area (Å²) in [4.78, 5) is 11.9. The van der Waals surface area contributed by atoms with E-state index < -0.39 is 0 Å². The van der Waals surface area contributed by atoms with Crippen molar-refractivity contribution in [1.29, 1.82) is 0 Å². The van der Waals surface area contributed by atoms with Crippen molar-refractivity contribution in [3.8, 4) is 17.2 Å². The van der Waals surface area contributed by atoms with Crippen LogP contribution in [0.25, 0.3) is 103 Å². The number of allylic oxidation sites excluding steroid dienone is 5. The molecule has 0 aliphatic carbocycles. The van der Waals surface area contributed by atoms with Crippen LogP contribution in [0.1, 0.15) is 12.5 Å². The van der Waals surface area contributed by atoms with Crippen LogP contribution in [0.2, 0.25) is 0 Å². The molecular formula is C47H30N4S. The third-order valence-corrected chi connectivity index (χ3v) is 11.7. The molecule has 5 heteroatoms. The second-order valence-electron chi connectivity index (χ2n) is 13.5. The van der Waals surface area contributed by atoms with Gasteiger partial charge in [0.05, 0.1) is 33.3 Å². The fourth-order valence-corrected chi connectivity index (χ4v) is 9.42. The molecule has 6 aromatic carbocycles. The monoisotopic (exact) mass is 682 g/mol. The maximum absolute atomic E-state index is 5.50. The van der Waals surface area contributed by atoms with E-state index in [2.05, 4.69) is 156 Å². The lowest BCUT2D eigenvalue weighted by atomic mass is 10.0. The van der Waals surface area contributed by atoms with Crippen LogP contribution in [0.15, 0.2) is 158 Å². The van der Waals surface area contributed by atoms with Gasteiger partial charge < -0.3 is 4.40 Å². The first kappa shape index (κ1) is 29.2. The first-order chi connectivity index (χ1) is 25.7. The molecule has 0 aliphatic heterocycles. The highest BCUT2D eigenvalue weighted by atomic mass is 32.1. The van der Waals surface area contributed by atoms with Gasteiger partial charge in [-0.25, -0.2) is 9.97 Å². The summed E-state index contributed by atoms with van der Waals surface area (Å²) >= 11 is 1.73. The quantitative estimate of drug-likeness (QED) is 0.169. The normalized spacial score (nSPS) is 12.8. The Labute approximate surface area is 302 Å². The van der Waals surface area contributed by atoms with Crippen LogP contribution in [0.5, 0.6) is 0 Å². The standard InChI is InChI=1S/C47H30N4S/c1-3-4-6-15-28(2)30-24-25-32-36-27-35-31-18-9-12-21-37(31)51(45(35)42-33-19-10-13-22-38(33)50(44(36)42)39(32)26-30)47-48-43(29-16-7-5-8-17-29)41-34-20-11-14-23-40(34)52-46(41)49-47/h3-27H,1H2,2H3/b6-4-,28-15+. The molecule has 0 atom stereocenters. The number of nitrogens with zero attached hydrogens (tertiary/aromatic N) is 4. The van der Waals surface area contributed by atoms with Crippen molar-refractivity contribution < 1.29 is 0 Å². The second kappa shape index (κ2) is 11.0. The second-order valence-corrected chi connectivity index (χ2v) is 14.5. The van der Waals surface area contributed by atoms with Gasteiger partial charge in [-0.2, -0.15) is 0 Å². The minimum Gasteiger partial charge on any atom is -0.308 e. The highest BCUT2D eigenvalue weighted by molar-refractivity contribution is 7.25. The molecule has 0 fully saturated rings. The van der Waals surface area contributed by atoms with Gasteiger partial charge >= 0.3 is 0 Å². The Balaban J connectivity index is 1.31. The fourth-order valence-electron chi connectivity index (χ4n) is 8.35. The molecule has 0 spiro atoms. The third-order valence-electron chi connectivity index (χ3n) is 10.6. The van der Waals surface area contributed by atoms with Crippen LogP contribution in [-0.2, 0) is 0 Å². The van der Waals surface area contributed by atoms with Gasteiger partial charge in [0, 0.05) is 53.4 Å². The van der Waals surface area contributed by atoms with E-state index >= 15 is 0 Å². The van der Waals surface area contributed by atoms with E-state index in [-0.39, 0.29) is 0 Å². The number of aromatic nitrogens is 4. The van der Waals surface area contributed by atoms with Crippen molar-refractivity contribution in [3.63, 3.8) is 0 Å². The van der Waals surface area contributed by atoms with E-state index in [1.165, 1.54) is 70.1 Å². The predicted octanol–water partition coefficient (Wildman–Crippen LogP) is 12.9. The van der Waals surface area contributed by atoms with E-state index in [1.54, 1.807) is 17.4 Å². The molecule has 5 aromatic heterocycles. The van der Waals surface area contributed by atoms with Crippen molar-refractivity contribution >= 4 is 97.1 Å². The molecule has 0 N–H and O–H groups in total. The number of rotatable bonds is 5. The maximum Gasteiger partial charge on any atom is 0.236 e. The highest BCUT2D eigenvalue weighted by Gasteiger charge is 2.26. The first-order valence-corrected chi connectivity index (χ1v) is 18.4. The Morgan fingerprint density at radius 1 is 0.615 bits per heavy atom. The molecule has 11 rings (SSSR count). The summed E-state index contributed by atoms with van der Waals surface area (Å²) in [6, 6.07) is 46.0. The smallest absolute Gasteiger partial charge is 0.236 e. The number of hydrogen-bond acceptors (Lipinski definition) is 3. The van der Waals surface area contributed by atoms with Crippen molar-refractivity contribution in [2.45, 2.75) is 6.92 Å². The highest BCUT2D eigenvalue weighted by Crippen LogP contribution is 2.47. The van der Waals surface area contributed by atoms with Crippen LogP contribution < -0.4 is 0 Å². The third kappa shape index (κ3) is 3.97. The van der Waals surface area contributed by atoms with E-state index in [0.717, 1.165) is 32.5 Å². The van der Waals surface area contributed by atoms with Crippen molar-refractivity contribution in [3.05, 3.63) is 164 Å². The molecule has 0 saturated heterocycles. The maximum atomic E-state index is 5.50. The minimum absolute atomic E-state index is 0.683. The summed E-state index contributed by atoms with van der Waals surface area (Å²) < 4.78 is 6.01. The Kier molecular flexibility index (Phi) is 6.16. The van der Waals surface area contributed by atoms with Gasteiger partial charge in [0.2, 0.25) is 5.95 Å². The van der Waals surface area contributed by atoms with Crippen LogP contribution in [0.3, 0.4) is 0 Å². The minimum atomic E-state index is 0.683. The summed E-state index contributed by atoms with van der Waals surface area (Å²) in [5.41, 5.74) is 10.3. The van der Waals surface area contributed by atoms with Gasteiger partial charge in [-0.1, -0.05) is 128 Å². The van der Waals surface area contributed by atoms with Gasteiger partial charge in [0.15, 0.2) is 0 Å². The van der Waals surface area contributed by atoms with Crippen molar-refractivity contribution in [2.75, 3.05) is 0 Å².